The standard InChI is InChI=1S/C12H21N3O5/c1-3-15(4-2)10(17)8-13-12(20)14-9(16)6-5-7-11(18)19/h3-8H2,1-2H3,(H,18,19)(H2,13,14,16,20). The van der Waals surface area contributed by atoms with Gasteiger partial charge in [-0.25, -0.2) is 4.79 Å². The molecule has 0 radical (unpaired) electrons. The lowest BCUT2D eigenvalue weighted by molar-refractivity contribution is -0.137. The average Bonchev–Trinajstić information content (AvgIpc) is 2.37. The minimum Gasteiger partial charge on any atom is -0.481 e. The molecule has 0 atom stereocenters. The van der Waals surface area contributed by atoms with Crippen LogP contribution in [0.15, 0.2) is 0 Å². The van der Waals surface area contributed by atoms with Gasteiger partial charge in [0.05, 0.1) is 6.54 Å². The number of hydrogen-bond acceptors (Lipinski definition) is 4. The number of likely N-dealkylation sites (N-methyl/N-ethyl adjacent to an activating group) is 1. The molecule has 0 aromatic carbocycles. The van der Waals surface area contributed by atoms with Gasteiger partial charge in [-0.3, -0.25) is 19.7 Å². The summed E-state index contributed by atoms with van der Waals surface area (Å²) in [7, 11) is 0. The molecule has 0 unspecified atom stereocenters. The molecule has 8 heteroatoms. The molecule has 0 aliphatic heterocycles. The molecule has 0 heterocycles. The summed E-state index contributed by atoms with van der Waals surface area (Å²) >= 11 is 0. The largest absolute Gasteiger partial charge is 0.481 e. The average molecular weight is 287 g/mol. The van der Waals surface area contributed by atoms with Crippen LogP contribution in [0.25, 0.3) is 0 Å². The van der Waals surface area contributed by atoms with Crippen LogP contribution < -0.4 is 10.6 Å². The summed E-state index contributed by atoms with van der Waals surface area (Å²) in [6.45, 7) is 4.57. The summed E-state index contributed by atoms with van der Waals surface area (Å²) in [5.41, 5.74) is 0. The summed E-state index contributed by atoms with van der Waals surface area (Å²) in [4.78, 5) is 46.0. The van der Waals surface area contributed by atoms with Crippen LogP contribution in [-0.2, 0) is 14.4 Å². The molecule has 0 spiro atoms. The number of carboxylic acids is 1. The van der Waals surface area contributed by atoms with E-state index in [9.17, 15) is 19.2 Å². The van der Waals surface area contributed by atoms with Crippen LogP contribution in [0.4, 0.5) is 4.79 Å². The number of aliphatic carboxylic acids is 1. The first kappa shape index (κ1) is 17.9. The van der Waals surface area contributed by atoms with Crippen molar-refractivity contribution in [2.75, 3.05) is 19.6 Å². The van der Waals surface area contributed by atoms with Crippen LogP contribution in [0.2, 0.25) is 0 Å². The summed E-state index contributed by atoms with van der Waals surface area (Å²) in [5.74, 6) is -1.80. The first-order valence-electron chi connectivity index (χ1n) is 6.47. The van der Waals surface area contributed by atoms with Crippen molar-refractivity contribution in [3.63, 3.8) is 0 Å². The zero-order valence-corrected chi connectivity index (χ0v) is 11.8. The van der Waals surface area contributed by atoms with E-state index in [4.69, 9.17) is 5.11 Å². The third-order valence-corrected chi connectivity index (χ3v) is 2.56. The minimum absolute atomic E-state index is 0.0519. The van der Waals surface area contributed by atoms with Crippen LogP contribution in [0.5, 0.6) is 0 Å². The van der Waals surface area contributed by atoms with E-state index in [1.165, 1.54) is 0 Å². The molecule has 3 N–H and O–H groups in total. The maximum Gasteiger partial charge on any atom is 0.321 e. The topological polar surface area (TPSA) is 116 Å². The van der Waals surface area contributed by atoms with Crippen molar-refractivity contribution >= 4 is 23.8 Å². The van der Waals surface area contributed by atoms with Crippen molar-refractivity contribution in [1.82, 2.24) is 15.5 Å². The Labute approximate surface area is 117 Å². The van der Waals surface area contributed by atoms with Gasteiger partial charge in [0.25, 0.3) is 0 Å². The second kappa shape index (κ2) is 9.76. The molecule has 0 aromatic rings. The fraction of sp³-hybridized carbons (Fsp3) is 0.667. The van der Waals surface area contributed by atoms with E-state index in [1.54, 1.807) is 4.90 Å². The van der Waals surface area contributed by atoms with Crippen LogP contribution in [0, 0.1) is 0 Å². The van der Waals surface area contributed by atoms with Crippen LogP contribution >= 0.6 is 0 Å². The van der Waals surface area contributed by atoms with E-state index in [0.29, 0.717) is 13.1 Å². The molecule has 114 valence electrons. The number of nitrogens with one attached hydrogen (secondary N) is 2. The molecule has 0 saturated heterocycles. The molecule has 8 nitrogen and oxygen atoms in total. The van der Waals surface area contributed by atoms with Crippen molar-refractivity contribution in [3.8, 4) is 0 Å². The van der Waals surface area contributed by atoms with Gasteiger partial charge in [-0.1, -0.05) is 0 Å². The third kappa shape index (κ3) is 8.06. The number of urea groups is 1. The summed E-state index contributed by atoms with van der Waals surface area (Å²) in [6.07, 6.45) is -0.0218. The highest BCUT2D eigenvalue weighted by Gasteiger charge is 2.12. The highest BCUT2D eigenvalue weighted by atomic mass is 16.4. The molecule has 0 aromatic heterocycles. The number of nitrogens with zero attached hydrogens (tertiary/aromatic N) is 1. The number of imide groups is 1. The Kier molecular flexibility index (Phi) is 8.73. The van der Waals surface area contributed by atoms with Gasteiger partial charge in [0.1, 0.15) is 0 Å². The molecule has 4 amide bonds. The molecular formula is C12H21N3O5. The molecule has 0 saturated carbocycles. The Hall–Kier alpha value is -2.12. The van der Waals surface area contributed by atoms with Crippen molar-refractivity contribution in [1.29, 1.82) is 0 Å². The van der Waals surface area contributed by atoms with Gasteiger partial charge >= 0.3 is 12.0 Å². The smallest absolute Gasteiger partial charge is 0.321 e. The lowest BCUT2D eigenvalue weighted by Crippen LogP contribution is -2.45. The molecule has 0 bridgehead atoms. The number of rotatable bonds is 8. The second-order valence-electron chi connectivity index (χ2n) is 4.04. The SMILES string of the molecule is CCN(CC)C(=O)CNC(=O)NC(=O)CCCC(=O)O. The van der Waals surface area contributed by atoms with Crippen molar-refractivity contribution in [2.45, 2.75) is 33.1 Å². The van der Waals surface area contributed by atoms with Gasteiger partial charge in [0, 0.05) is 25.9 Å². The van der Waals surface area contributed by atoms with Gasteiger partial charge < -0.3 is 15.3 Å². The van der Waals surface area contributed by atoms with E-state index in [-0.39, 0.29) is 31.7 Å². The van der Waals surface area contributed by atoms with Gasteiger partial charge in [0.15, 0.2) is 0 Å². The number of carboxylic acid groups (broad SMARTS) is 1. The molecule has 0 fully saturated rings. The lowest BCUT2D eigenvalue weighted by atomic mass is 10.2. The zero-order chi connectivity index (χ0) is 15.5. The number of carbonyl (C=O) groups is 4. The number of carbonyl (C=O) groups excluding carboxylic acids is 3. The monoisotopic (exact) mass is 287 g/mol. The Morgan fingerprint density at radius 2 is 1.65 bits per heavy atom. The van der Waals surface area contributed by atoms with Crippen molar-refractivity contribution in [3.05, 3.63) is 0 Å². The van der Waals surface area contributed by atoms with E-state index in [2.05, 4.69) is 5.32 Å². The van der Waals surface area contributed by atoms with Crippen LogP contribution in [0.1, 0.15) is 33.1 Å². The summed E-state index contributed by atoms with van der Waals surface area (Å²) < 4.78 is 0. The summed E-state index contributed by atoms with van der Waals surface area (Å²) in [6, 6.07) is -0.758. The van der Waals surface area contributed by atoms with E-state index >= 15 is 0 Å². The third-order valence-electron chi connectivity index (χ3n) is 2.56. The van der Waals surface area contributed by atoms with Gasteiger partial charge in [-0.05, 0) is 20.3 Å². The first-order valence-corrected chi connectivity index (χ1v) is 6.47. The maximum absolute atomic E-state index is 11.6. The Morgan fingerprint density at radius 1 is 1.05 bits per heavy atom. The quantitative estimate of drug-likeness (QED) is 0.578. The minimum atomic E-state index is -0.993. The fourth-order valence-electron chi connectivity index (χ4n) is 1.48. The number of amides is 4. The number of hydrogen-bond donors (Lipinski definition) is 3. The highest BCUT2D eigenvalue weighted by molar-refractivity contribution is 5.95. The summed E-state index contributed by atoms with van der Waals surface area (Å²) in [5, 5.41) is 12.7. The van der Waals surface area contributed by atoms with Crippen molar-refractivity contribution in [2.24, 2.45) is 0 Å². The van der Waals surface area contributed by atoms with Gasteiger partial charge in [-0.15, -0.1) is 0 Å². The van der Waals surface area contributed by atoms with Crippen LogP contribution in [0.3, 0.4) is 0 Å². The predicted octanol–water partition coefficient (Wildman–Crippen LogP) is -0.0645. The Bertz CT molecular complexity index is 366. The Balaban J connectivity index is 3.90. The zero-order valence-electron chi connectivity index (χ0n) is 11.8. The first-order chi connectivity index (χ1) is 9.40. The van der Waals surface area contributed by atoms with E-state index < -0.39 is 17.9 Å². The highest BCUT2D eigenvalue weighted by Crippen LogP contribution is 1.94. The van der Waals surface area contributed by atoms with Crippen LogP contribution in [-0.4, -0.2) is 53.5 Å². The maximum atomic E-state index is 11.6. The molecule has 0 rings (SSSR count). The van der Waals surface area contributed by atoms with E-state index in [0.717, 1.165) is 0 Å². The van der Waals surface area contributed by atoms with Gasteiger partial charge in [-0.2, -0.15) is 0 Å². The molecule has 0 aliphatic carbocycles. The second-order valence-corrected chi connectivity index (χ2v) is 4.04. The lowest BCUT2D eigenvalue weighted by Gasteiger charge is -2.18. The van der Waals surface area contributed by atoms with E-state index in [1.807, 2.05) is 19.2 Å². The van der Waals surface area contributed by atoms with Gasteiger partial charge in [0.2, 0.25) is 11.8 Å². The molecule has 0 aliphatic rings. The normalized spacial score (nSPS) is 9.70. The van der Waals surface area contributed by atoms with Crippen molar-refractivity contribution < 1.29 is 24.3 Å². The fourth-order valence-corrected chi connectivity index (χ4v) is 1.48. The molecule has 20 heavy (non-hydrogen) atoms. The predicted molar refractivity (Wildman–Crippen MR) is 71.0 cm³/mol. The Morgan fingerprint density at radius 3 is 2.15 bits per heavy atom. The molecular weight excluding hydrogens is 266 g/mol.